The van der Waals surface area contributed by atoms with Crippen LogP contribution in [0.25, 0.3) is 0 Å². The number of aldehydes is 1. The lowest BCUT2D eigenvalue weighted by atomic mass is 10.0. The Hall–Kier alpha value is -1.35. The van der Waals surface area contributed by atoms with Gasteiger partial charge in [-0.25, -0.2) is 0 Å². The molecule has 4 heteroatoms. The Bertz CT molecular complexity index is 669. The van der Waals surface area contributed by atoms with Crippen LogP contribution in [-0.4, -0.2) is 11.2 Å². The number of carbonyl (C=O) groups excluding carboxylic acids is 1. The lowest BCUT2D eigenvalue weighted by Crippen LogP contribution is -2.26. The Morgan fingerprint density at radius 1 is 1.19 bits per heavy atom. The van der Waals surface area contributed by atoms with E-state index in [2.05, 4.69) is 11.8 Å². The lowest BCUT2D eigenvalue weighted by Gasteiger charge is -2.28. The van der Waals surface area contributed by atoms with Crippen molar-refractivity contribution in [1.29, 1.82) is 0 Å². The van der Waals surface area contributed by atoms with Crippen LogP contribution in [-0.2, 0) is 11.3 Å². The molecule has 0 amide bonds. The van der Waals surface area contributed by atoms with Crippen molar-refractivity contribution in [3.05, 3.63) is 69.2 Å². The van der Waals surface area contributed by atoms with E-state index in [0.29, 0.717) is 10.0 Å². The van der Waals surface area contributed by atoms with Crippen molar-refractivity contribution in [1.82, 2.24) is 4.90 Å². The van der Waals surface area contributed by atoms with E-state index in [0.717, 1.165) is 29.5 Å². The Labute approximate surface area is 134 Å². The molecule has 1 aliphatic heterocycles. The van der Waals surface area contributed by atoms with Gasteiger partial charge >= 0.3 is 0 Å². The summed E-state index contributed by atoms with van der Waals surface area (Å²) in [5.41, 5.74) is 3.20. The number of hydrogen-bond acceptors (Lipinski definition) is 2. The number of rotatable bonds is 3. The van der Waals surface area contributed by atoms with E-state index >= 15 is 0 Å². The van der Waals surface area contributed by atoms with E-state index in [1.54, 1.807) is 0 Å². The summed E-state index contributed by atoms with van der Waals surface area (Å²) in [6, 6.07) is 13.4. The standard InChI is InChI=1S/C17H15Cl2NO/c1-11(12-5-7-14(18)8-6-12)20-9-13-3-2-4-15(19)17(13)16(20)10-21/h2-8,10-11,16H,9H2,1H3. The molecule has 1 aliphatic rings. The minimum Gasteiger partial charge on any atom is -0.301 e. The molecule has 2 unspecified atom stereocenters. The second-order valence-electron chi connectivity index (χ2n) is 5.29. The van der Waals surface area contributed by atoms with Crippen molar-refractivity contribution in [3.8, 4) is 0 Å². The Morgan fingerprint density at radius 3 is 2.57 bits per heavy atom. The maximum Gasteiger partial charge on any atom is 0.141 e. The predicted molar refractivity (Wildman–Crippen MR) is 85.7 cm³/mol. The quantitative estimate of drug-likeness (QED) is 0.756. The van der Waals surface area contributed by atoms with Crippen LogP contribution in [0.1, 0.15) is 35.7 Å². The zero-order valence-corrected chi connectivity index (χ0v) is 13.1. The van der Waals surface area contributed by atoms with Gasteiger partial charge < -0.3 is 4.79 Å². The van der Waals surface area contributed by atoms with Crippen LogP contribution in [0.3, 0.4) is 0 Å². The molecule has 2 nitrogen and oxygen atoms in total. The fraction of sp³-hybridized carbons (Fsp3) is 0.235. The first kappa shape index (κ1) is 14.6. The van der Waals surface area contributed by atoms with Gasteiger partial charge in [-0.05, 0) is 41.8 Å². The van der Waals surface area contributed by atoms with Gasteiger partial charge in [-0.15, -0.1) is 0 Å². The van der Waals surface area contributed by atoms with Gasteiger partial charge in [0, 0.05) is 22.6 Å². The lowest BCUT2D eigenvalue weighted by molar-refractivity contribution is -0.113. The normalized spacial score (nSPS) is 19.3. The van der Waals surface area contributed by atoms with Gasteiger partial charge in [0.1, 0.15) is 6.29 Å². The number of nitrogens with zero attached hydrogens (tertiary/aromatic N) is 1. The minimum atomic E-state index is -0.292. The summed E-state index contributed by atoms with van der Waals surface area (Å²) in [7, 11) is 0. The fourth-order valence-corrected chi connectivity index (χ4v) is 3.40. The average molecular weight is 320 g/mol. The number of fused-ring (bicyclic) bond motifs is 1. The molecular formula is C17H15Cl2NO. The van der Waals surface area contributed by atoms with Crippen molar-refractivity contribution in [3.63, 3.8) is 0 Å². The third-order valence-corrected chi connectivity index (χ3v) is 4.71. The van der Waals surface area contributed by atoms with E-state index in [1.165, 1.54) is 0 Å². The molecule has 21 heavy (non-hydrogen) atoms. The molecule has 0 radical (unpaired) electrons. The van der Waals surface area contributed by atoms with E-state index < -0.39 is 0 Å². The van der Waals surface area contributed by atoms with Crippen LogP contribution in [0.15, 0.2) is 42.5 Å². The van der Waals surface area contributed by atoms with Crippen molar-refractivity contribution in [2.75, 3.05) is 0 Å². The third kappa shape index (κ3) is 2.59. The summed E-state index contributed by atoms with van der Waals surface area (Å²) in [5.74, 6) is 0. The highest BCUT2D eigenvalue weighted by molar-refractivity contribution is 6.31. The maximum atomic E-state index is 11.6. The van der Waals surface area contributed by atoms with Gasteiger partial charge in [0.15, 0.2) is 0 Å². The molecule has 0 spiro atoms. The summed E-state index contributed by atoms with van der Waals surface area (Å²) < 4.78 is 0. The molecule has 2 atom stereocenters. The molecule has 0 N–H and O–H groups in total. The number of carbonyl (C=O) groups is 1. The van der Waals surface area contributed by atoms with Gasteiger partial charge in [-0.3, -0.25) is 4.90 Å². The summed E-state index contributed by atoms with van der Waals surface area (Å²) in [6.07, 6.45) is 0.976. The van der Waals surface area contributed by atoms with Crippen LogP contribution < -0.4 is 0 Å². The highest BCUT2D eigenvalue weighted by Gasteiger charge is 2.34. The first-order chi connectivity index (χ1) is 10.1. The molecular weight excluding hydrogens is 305 g/mol. The van der Waals surface area contributed by atoms with Gasteiger partial charge in [0.05, 0.1) is 6.04 Å². The zero-order chi connectivity index (χ0) is 15.0. The summed E-state index contributed by atoms with van der Waals surface area (Å²) in [4.78, 5) is 13.8. The van der Waals surface area contributed by atoms with Gasteiger partial charge in [0.2, 0.25) is 0 Å². The number of hydrogen-bond donors (Lipinski definition) is 0. The van der Waals surface area contributed by atoms with Crippen molar-refractivity contribution >= 4 is 29.5 Å². The van der Waals surface area contributed by atoms with Crippen molar-refractivity contribution in [2.24, 2.45) is 0 Å². The summed E-state index contributed by atoms with van der Waals surface area (Å²) >= 11 is 12.2. The highest BCUT2D eigenvalue weighted by Crippen LogP contribution is 2.41. The van der Waals surface area contributed by atoms with E-state index in [9.17, 15) is 4.79 Å². The second-order valence-corrected chi connectivity index (χ2v) is 6.14. The molecule has 108 valence electrons. The SMILES string of the molecule is CC(c1ccc(Cl)cc1)N1Cc2cccc(Cl)c2C1C=O. The fourth-order valence-electron chi connectivity index (χ4n) is 2.97. The largest absolute Gasteiger partial charge is 0.301 e. The van der Waals surface area contributed by atoms with Crippen LogP contribution in [0.5, 0.6) is 0 Å². The number of benzene rings is 2. The molecule has 0 bridgehead atoms. The monoisotopic (exact) mass is 319 g/mol. The summed E-state index contributed by atoms with van der Waals surface area (Å²) in [6.45, 7) is 2.82. The average Bonchev–Trinajstić information content (AvgIpc) is 2.87. The van der Waals surface area contributed by atoms with Crippen molar-refractivity contribution < 1.29 is 4.79 Å². The number of halogens is 2. The molecule has 1 heterocycles. The van der Waals surface area contributed by atoms with Gasteiger partial charge in [0.25, 0.3) is 0 Å². The molecule has 0 aliphatic carbocycles. The van der Waals surface area contributed by atoms with Gasteiger partial charge in [-0.1, -0.05) is 47.5 Å². The first-order valence-electron chi connectivity index (χ1n) is 6.85. The maximum absolute atomic E-state index is 11.6. The smallest absolute Gasteiger partial charge is 0.141 e. The Morgan fingerprint density at radius 2 is 1.90 bits per heavy atom. The van der Waals surface area contributed by atoms with E-state index in [1.807, 2.05) is 42.5 Å². The Kier molecular flexibility index (Phi) is 4.03. The minimum absolute atomic E-state index is 0.112. The molecule has 0 saturated heterocycles. The zero-order valence-electron chi connectivity index (χ0n) is 11.6. The van der Waals surface area contributed by atoms with Gasteiger partial charge in [-0.2, -0.15) is 0 Å². The van der Waals surface area contributed by atoms with Crippen LogP contribution in [0.2, 0.25) is 10.0 Å². The molecule has 0 fully saturated rings. The topological polar surface area (TPSA) is 20.3 Å². The van der Waals surface area contributed by atoms with E-state index in [4.69, 9.17) is 23.2 Å². The molecule has 3 rings (SSSR count). The molecule has 2 aromatic rings. The molecule has 2 aromatic carbocycles. The Balaban J connectivity index is 1.95. The second kappa shape index (κ2) is 5.80. The van der Waals surface area contributed by atoms with Crippen LogP contribution >= 0.6 is 23.2 Å². The summed E-state index contributed by atoms with van der Waals surface area (Å²) in [5, 5.41) is 1.38. The first-order valence-corrected chi connectivity index (χ1v) is 7.61. The highest BCUT2D eigenvalue weighted by atomic mass is 35.5. The van der Waals surface area contributed by atoms with Crippen molar-refractivity contribution in [2.45, 2.75) is 25.6 Å². The van der Waals surface area contributed by atoms with E-state index in [-0.39, 0.29) is 12.1 Å². The van der Waals surface area contributed by atoms with Crippen LogP contribution in [0.4, 0.5) is 0 Å². The third-order valence-electron chi connectivity index (χ3n) is 4.13. The predicted octanol–water partition coefficient (Wildman–Crippen LogP) is 4.81. The van der Waals surface area contributed by atoms with Crippen LogP contribution in [0, 0.1) is 0 Å². The molecule has 0 aromatic heterocycles. The molecule has 0 saturated carbocycles.